The third kappa shape index (κ3) is 2.81. The summed E-state index contributed by atoms with van der Waals surface area (Å²) in [5.74, 6) is -0.247. The molecule has 0 spiro atoms. The van der Waals surface area contributed by atoms with Gasteiger partial charge in [-0.2, -0.15) is 5.10 Å². The molecular weight excluding hydrogens is 230 g/mol. The van der Waals surface area contributed by atoms with Crippen molar-refractivity contribution in [1.82, 2.24) is 9.78 Å². The highest BCUT2D eigenvalue weighted by Gasteiger charge is 2.32. The molecule has 4 nitrogen and oxygen atoms in total. The van der Waals surface area contributed by atoms with Crippen LogP contribution in [-0.2, 0) is 11.3 Å². The molecule has 1 aliphatic carbocycles. The molecule has 1 fully saturated rings. The van der Waals surface area contributed by atoms with Crippen molar-refractivity contribution in [2.24, 2.45) is 0 Å². The highest BCUT2D eigenvalue weighted by atomic mass is 19.3. The van der Waals surface area contributed by atoms with Crippen molar-refractivity contribution in [3.63, 3.8) is 0 Å². The molecule has 0 saturated heterocycles. The van der Waals surface area contributed by atoms with Gasteiger partial charge in [0.1, 0.15) is 12.1 Å². The second kappa shape index (κ2) is 4.81. The van der Waals surface area contributed by atoms with Gasteiger partial charge in [-0.15, -0.1) is 0 Å². The van der Waals surface area contributed by atoms with E-state index in [0.717, 1.165) is 17.5 Å². The number of aromatic nitrogens is 2. The molecule has 1 saturated carbocycles. The minimum absolute atomic E-state index is 0.230. The molecule has 0 bridgehead atoms. The maximum atomic E-state index is 12.3. The highest BCUT2D eigenvalue weighted by Crippen LogP contribution is 2.40. The zero-order chi connectivity index (χ0) is 12.4. The molecule has 0 unspecified atom stereocenters. The standard InChI is InChI=1S/C11H14F2N2O2/c1-2-17-11(16)8-5-15(6-9(12)13)14-10(8)7-3-4-7/h5,7,9H,2-4,6H2,1H3. The molecule has 0 aliphatic heterocycles. The van der Waals surface area contributed by atoms with E-state index in [1.807, 2.05) is 0 Å². The molecule has 0 aromatic carbocycles. The number of carbonyl (C=O) groups excluding carboxylic acids is 1. The van der Waals surface area contributed by atoms with Gasteiger partial charge in [0.05, 0.1) is 12.3 Å². The van der Waals surface area contributed by atoms with Gasteiger partial charge in [0.15, 0.2) is 0 Å². The monoisotopic (exact) mass is 244 g/mol. The van der Waals surface area contributed by atoms with Crippen molar-refractivity contribution in [1.29, 1.82) is 0 Å². The Kier molecular flexibility index (Phi) is 3.40. The molecule has 1 aliphatic rings. The summed E-state index contributed by atoms with van der Waals surface area (Å²) in [6, 6.07) is 0. The normalized spacial score (nSPS) is 15.3. The first-order chi connectivity index (χ1) is 8.11. The van der Waals surface area contributed by atoms with Crippen LogP contribution in [0.2, 0.25) is 0 Å². The van der Waals surface area contributed by atoms with E-state index in [1.54, 1.807) is 6.92 Å². The second-order valence-electron chi connectivity index (χ2n) is 4.04. The molecular formula is C11H14F2N2O2. The summed E-state index contributed by atoms with van der Waals surface area (Å²) in [6.45, 7) is 1.49. The van der Waals surface area contributed by atoms with E-state index in [9.17, 15) is 13.6 Å². The Morgan fingerprint density at radius 1 is 1.65 bits per heavy atom. The Morgan fingerprint density at radius 3 is 2.88 bits per heavy atom. The van der Waals surface area contributed by atoms with Crippen molar-refractivity contribution < 1.29 is 18.3 Å². The topological polar surface area (TPSA) is 44.1 Å². The second-order valence-corrected chi connectivity index (χ2v) is 4.04. The molecule has 2 rings (SSSR count). The van der Waals surface area contributed by atoms with E-state index >= 15 is 0 Å². The van der Waals surface area contributed by atoms with E-state index in [1.165, 1.54) is 6.20 Å². The molecule has 0 N–H and O–H groups in total. The van der Waals surface area contributed by atoms with Crippen LogP contribution in [0.4, 0.5) is 8.78 Å². The van der Waals surface area contributed by atoms with Crippen LogP contribution in [0.15, 0.2) is 6.20 Å². The van der Waals surface area contributed by atoms with E-state index in [2.05, 4.69) is 5.10 Å². The summed E-state index contributed by atoms with van der Waals surface area (Å²) in [6.07, 6.45) is 0.797. The van der Waals surface area contributed by atoms with Gasteiger partial charge in [-0.05, 0) is 19.8 Å². The number of rotatable bonds is 5. The Balaban J connectivity index is 2.22. The van der Waals surface area contributed by atoms with E-state index < -0.39 is 18.9 Å². The largest absolute Gasteiger partial charge is 0.462 e. The number of alkyl halides is 2. The maximum Gasteiger partial charge on any atom is 0.341 e. The van der Waals surface area contributed by atoms with Gasteiger partial charge in [-0.3, -0.25) is 4.68 Å². The third-order valence-electron chi connectivity index (χ3n) is 2.57. The van der Waals surface area contributed by atoms with E-state index in [4.69, 9.17) is 4.74 Å². The van der Waals surface area contributed by atoms with E-state index in [0.29, 0.717) is 11.3 Å². The van der Waals surface area contributed by atoms with Crippen LogP contribution in [-0.4, -0.2) is 28.8 Å². The van der Waals surface area contributed by atoms with Crippen LogP contribution in [0.25, 0.3) is 0 Å². The van der Waals surface area contributed by atoms with Gasteiger partial charge < -0.3 is 4.74 Å². The Bertz CT molecular complexity index is 414. The Hall–Kier alpha value is -1.46. The van der Waals surface area contributed by atoms with Crippen LogP contribution in [0, 0.1) is 0 Å². The maximum absolute atomic E-state index is 12.3. The first kappa shape index (κ1) is 12.0. The number of hydrogen-bond acceptors (Lipinski definition) is 3. The molecule has 0 atom stereocenters. The summed E-state index contributed by atoms with van der Waals surface area (Å²) >= 11 is 0. The number of hydrogen-bond donors (Lipinski definition) is 0. The lowest BCUT2D eigenvalue weighted by Crippen LogP contribution is -2.07. The molecule has 17 heavy (non-hydrogen) atoms. The zero-order valence-corrected chi connectivity index (χ0v) is 9.53. The molecule has 0 radical (unpaired) electrons. The van der Waals surface area contributed by atoms with Crippen LogP contribution >= 0.6 is 0 Å². The predicted octanol–water partition coefficient (Wildman–Crippen LogP) is 2.20. The molecule has 6 heteroatoms. The summed E-state index contributed by atoms with van der Waals surface area (Å²) in [5, 5.41) is 4.05. The number of ether oxygens (including phenoxy) is 1. The number of nitrogens with zero attached hydrogens (tertiary/aromatic N) is 2. The number of esters is 1. The lowest BCUT2D eigenvalue weighted by atomic mass is 10.2. The summed E-state index contributed by atoms with van der Waals surface area (Å²) in [7, 11) is 0. The minimum atomic E-state index is -2.48. The third-order valence-corrected chi connectivity index (χ3v) is 2.57. The summed E-state index contributed by atoms with van der Waals surface area (Å²) in [4.78, 5) is 11.6. The summed E-state index contributed by atoms with van der Waals surface area (Å²) in [5.41, 5.74) is 0.930. The average Bonchev–Trinajstić information content (AvgIpc) is 3.00. The molecule has 1 heterocycles. The SMILES string of the molecule is CCOC(=O)c1cn(CC(F)F)nc1C1CC1. The molecule has 1 aromatic rings. The zero-order valence-electron chi connectivity index (χ0n) is 9.53. The predicted molar refractivity (Wildman–Crippen MR) is 56.2 cm³/mol. The summed E-state index contributed by atoms with van der Waals surface area (Å²) < 4.78 is 30.5. The lowest BCUT2D eigenvalue weighted by Gasteiger charge is -1.99. The van der Waals surface area contributed by atoms with Gasteiger partial charge in [0.2, 0.25) is 0 Å². The van der Waals surface area contributed by atoms with E-state index in [-0.39, 0.29) is 12.5 Å². The van der Waals surface area contributed by atoms with Crippen molar-refractivity contribution >= 4 is 5.97 Å². The van der Waals surface area contributed by atoms with Crippen LogP contribution in [0.3, 0.4) is 0 Å². The van der Waals surface area contributed by atoms with Crippen molar-refractivity contribution in [2.45, 2.75) is 38.7 Å². The van der Waals surface area contributed by atoms with Gasteiger partial charge in [0, 0.05) is 12.1 Å². The van der Waals surface area contributed by atoms with Crippen LogP contribution in [0.5, 0.6) is 0 Å². The quantitative estimate of drug-likeness (QED) is 0.746. The smallest absolute Gasteiger partial charge is 0.341 e. The fourth-order valence-corrected chi connectivity index (χ4v) is 1.70. The van der Waals surface area contributed by atoms with Gasteiger partial charge in [0.25, 0.3) is 6.43 Å². The molecule has 0 amide bonds. The number of halogens is 2. The van der Waals surface area contributed by atoms with Gasteiger partial charge in [-0.1, -0.05) is 0 Å². The van der Waals surface area contributed by atoms with Gasteiger partial charge >= 0.3 is 5.97 Å². The molecule has 94 valence electrons. The fourth-order valence-electron chi connectivity index (χ4n) is 1.70. The first-order valence-electron chi connectivity index (χ1n) is 5.64. The van der Waals surface area contributed by atoms with Crippen molar-refractivity contribution in [3.05, 3.63) is 17.5 Å². The van der Waals surface area contributed by atoms with Crippen molar-refractivity contribution in [2.75, 3.05) is 6.61 Å². The van der Waals surface area contributed by atoms with Crippen LogP contribution in [0.1, 0.15) is 41.7 Å². The average molecular weight is 244 g/mol. The Morgan fingerprint density at radius 2 is 2.35 bits per heavy atom. The lowest BCUT2D eigenvalue weighted by molar-refractivity contribution is 0.0524. The highest BCUT2D eigenvalue weighted by molar-refractivity contribution is 5.90. The fraction of sp³-hybridized carbons (Fsp3) is 0.636. The number of carbonyl (C=O) groups is 1. The Labute approximate surface area is 97.6 Å². The van der Waals surface area contributed by atoms with Crippen molar-refractivity contribution in [3.8, 4) is 0 Å². The van der Waals surface area contributed by atoms with Crippen LogP contribution < -0.4 is 0 Å². The van der Waals surface area contributed by atoms with Gasteiger partial charge in [-0.25, -0.2) is 13.6 Å². The molecule has 1 aromatic heterocycles. The first-order valence-corrected chi connectivity index (χ1v) is 5.64. The minimum Gasteiger partial charge on any atom is -0.462 e.